The van der Waals surface area contributed by atoms with Crippen LogP contribution in [0, 0.1) is 5.92 Å². The van der Waals surface area contributed by atoms with E-state index >= 15 is 0 Å². The van der Waals surface area contributed by atoms with Crippen molar-refractivity contribution in [2.45, 2.75) is 44.4 Å². The first-order chi connectivity index (χ1) is 5.81. The Labute approximate surface area is 75.0 Å². The number of fused-ring (bicyclic) bond motifs is 1. The molecule has 1 heterocycles. The van der Waals surface area contributed by atoms with Gasteiger partial charge in [0.15, 0.2) is 0 Å². The predicted octanol–water partition coefficient (Wildman–Crippen LogP) is 1.08. The second-order valence-electron chi connectivity index (χ2n) is 3.71. The molecule has 2 rings (SSSR count). The second kappa shape index (κ2) is 3.39. The molecule has 0 aromatic rings. The highest BCUT2D eigenvalue weighted by Crippen LogP contribution is 2.39. The minimum absolute atomic E-state index is 0.0387. The molecule has 0 bridgehead atoms. The van der Waals surface area contributed by atoms with Crippen molar-refractivity contribution in [1.29, 1.82) is 0 Å². The average Bonchev–Trinajstić information content (AvgIpc) is 2.52. The van der Waals surface area contributed by atoms with Crippen molar-refractivity contribution in [2.24, 2.45) is 5.92 Å². The Balaban J connectivity index is 1.94. The summed E-state index contributed by atoms with van der Waals surface area (Å²) in [6, 6.07) is -0.0387. The average molecular weight is 166 g/mol. The molecule has 1 aliphatic carbocycles. The van der Waals surface area contributed by atoms with Crippen LogP contribution < -0.4 is 0 Å². The zero-order chi connectivity index (χ0) is 8.55. The highest BCUT2D eigenvalue weighted by Gasteiger charge is 2.43. The van der Waals surface area contributed by atoms with Crippen molar-refractivity contribution in [3.05, 3.63) is 0 Å². The summed E-state index contributed by atoms with van der Waals surface area (Å²) in [5.74, 6) is 0.663. The third-order valence-corrected chi connectivity index (χ3v) is 2.90. The molecule has 66 valence electrons. The van der Waals surface area contributed by atoms with Gasteiger partial charge in [0.25, 0.3) is 0 Å². The van der Waals surface area contributed by atoms with E-state index in [1.165, 1.54) is 6.42 Å². The Bertz CT molecular complexity index is 161. The van der Waals surface area contributed by atoms with Gasteiger partial charge in [0.05, 0.1) is 12.2 Å². The van der Waals surface area contributed by atoms with Crippen molar-refractivity contribution in [2.75, 3.05) is 6.61 Å². The van der Waals surface area contributed by atoms with E-state index < -0.39 is 0 Å². The minimum atomic E-state index is -0.0387. The third-order valence-electron chi connectivity index (χ3n) is 2.90. The van der Waals surface area contributed by atoms with Gasteiger partial charge in [0.1, 0.15) is 7.85 Å². The maximum atomic E-state index is 5.71. The molecule has 2 nitrogen and oxygen atoms in total. The lowest BCUT2D eigenvalue weighted by Crippen LogP contribution is -2.27. The van der Waals surface area contributed by atoms with E-state index in [4.69, 9.17) is 17.3 Å². The maximum Gasteiger partial charge on any atom is 0.109 e. The van der Waals surface area contributed by atoms with Gasteiger partial charge in [0, 0.05) is 12.6 Å². The van der Waals surface area contributed by atoms with E-state index in [-0.39, 0.29) is 6.00 Å². The number of ether oxygens (including phenoxy) is 2. The van der Waals surface area contributed by atoms with Gasteiger partial charge in [-0.25, -0.2) is 0 Å². The Morgan fingerprint density at radius 1 is 1.50 bits per heavy atom. The zero-order valence-electron chi connectivity index (χ0n) is 7.53. The SMILES string of the molecule is [B][C@H]1CC2CC[C@@H](OCC)C2O1. The molecule has 2 radical (unpaired) electrons. The quantitative estimate of drug-likeness (QED) is 0.571. The van der Waals surface area contributed by atoms with Gasteiger partial charge in [0.2, 0.25) is 0 Å². The van der Waals surface area contributed by atoms with Gasteiger partial charge in [-0.3, -0.25) is 0 Å². The molecular formula is C9H15BO2. The largest absolute Gasteiger partial charge is 0.382 e. The van der Waals surface area contributed by atoms with Crippen LogP contribution >= 0.6 is 0 Å². The lowest BCUT2D eigenvalue weighted by Gasteiger charge is -2.18. The molecule has 0 spiro atoms. The van der Waals surface area contributed by atoms with Crippen molar-refractivity contribution in [1.82, 2.24) is 0 Å². The Hall–Kier alpha value is -0.0151. The summed E-state index contributed by atoms with van der Waals surface area (Å²) in [7, 11) is 5.71. The summed E-state index contributed by atoms with van der Waals surface area (Å²) in [4.78, 5) is 0. The molecular weight excluding hydrogens is 151 g/mol. The lowest BCUT2D eigenvalue weighted by molar-refractivity contribution is -0.0432. The minimum Gasteiger partial charge on any atom is -0.382 e. The fraction of sp³-hybridized carbons (Fsp3) is 1.00. The van der Waals surface area contributed by atoms with E-state index in [1.807, 2.05) is 6.92 Å². The van der Waals surface area contributed by atoms with Crippen LogP contribution in [0.1, 0.15) is 26.2 Å². The van der Waals surface area contributed by atoms with Crippen LogP contribution in [0.4, 0.5) is 0 Å². The summed E-state index contributed by atoms with van der Waals surface area (Å²) in [6.45, 7) is 2.81. The molecule has 4 atom stereocenters. The molecule has 12 heavy (non-hydrogen) atoms. The van der Waals surface area contributed by atoms with Crippen LogP contribution in [-0.4, -0.2) is 32.7 Å². The van der Waals surface area contributed by atoms with E-state index in [1.54, 1.807) is 0 Å². The van der Waals surface area contributed by atoms with Gasteiger partial charge >= 0.3 is 0 Å². The first-order valence-electron chi connectivity index (χ1n) is 4.84. The van der Waals surface area contributed by atoms with Crippen LogP contribution in [0.3, 0.4) is 0 Å². The smallest absolute Gasteiger partial charge is 0.109 e. The highest BCUT2D eigenvalue weighted by molar-refractivity contribution is 6.11. The van der Waals surface area contributed by atoms with Crippen LogP contribution in [0.2, 0.25) is 0 Å². The number of rotatable bonds is 2. The van der Waals surface area contributed by atoms with Gasteiger partial charge < -0.3 is 9.47 Å². The number of hydrogen-bond acceptors (Lipinski definition) is 2. The molecule has 0 aromatic carbocycles. The molecule has 0 amide bonds. The van der Waals surface area contributed by atoms with Crippen molar-refractivity contribution < 1.29 is 9.47 Å². The van der Waals surface area contributed by atoms with E-state index in [0.29, 0.717) is 18.1 Å². The predicted molar refractivity (Wildman–Crippen MR) is 47.2 cm³/mol. The van der Waals surface area contributed by atoms with Crippen LogP contribution in [0.5, 0.6) is 0 Å². The zero-order valence-corrected chi connectivity index (χ0v) is 7.53. The van der Waals surface area contributed by atoms with Crippen molar-refractivity contribution >= 4 is 7.85 Å². The monoisotopic (exact) mass is 166 g/mol. The Morgan fingerprint density at radius 3 is 3.08 bits per heavy atom. The summed E-state index contributed by atoms with van der Waals surface area (Å²) in [6.07, 6.45) is 4.00. The van der Waals surface area contributed by atoms with Crippen LogP contribution in [0.25, 0.3) is 0 Å². The first kappa shape index (κ1) is 8.58. The lowest BCUT2D eigenvalue weighted by atomic mass is 9.91. The fourth-order valence-corrected chi connectivity index (χ4v) is 2.41. The van der Waals surface area contributed by atoms with Crippen molar-refractivity contribution in [3.8, 4) is 0 Å². The van der Waals surface area contributed by atoms with Gasteiger partial charge in [-0.15, -0.1) is 0 Å². The second-order valence-corrected chi connectivity index (χ2v) is 3.71. The van der Waals surface area contributed by atoms with E-state index in [2.05, 4.69) is 0 Å². The normalized spacial score (nSPS) is 46.4. The summed E-state index contributed by atoms with van der Waals surface area (Å²) in [5, 5.41) is 0. The third kappa shape index (κ3) is 1.40. The molecule has 3 heteroatoms. The fourth-order valence-electron chi connectivity index (χ4n) is 2.41. The van der Waals surface area contributed by atoms with Gasteiger partial charge in [-0.2, -0.15) is 0 Å². The van der Waals surface area contributed by atoms with E-state index in [0.717, 1.165) is 19.4 Å². The van der Waals surface area contributed by atoms with E-state index in [9.17, 15) is 0 Å². The van der Waals surface area contributed by atoms with Gasteiger partial charge in [-0.05, 0) is 32.1 Å². The topological polar surface area (TPSA) is 18.5 Å². The standard InChI is InChI=1S/C9H15BO2/c1-2-11-7-4-3-6-5-8(10)12-9(6)7/h6-9H,2-5H2,1H3/t6?,7-,8-,9?/m1/s1. The summed E-state index contributed by atoms with van der Waals surface area (Å²) >= 11 is 0. The molecule has 2 unspecified atom stereocenters. The molecule has 2 fully saturated rings. The molecule has 0 N–H and O–H groups in total. The van der Waals surface area contributed by atoms with Crippen LogP contribution in [0.15, 0.2) is 0 Å². The molecule has 1 aliphatic heterocycles. The molecule has 2 aliphatic rings. The van der Waals surface area contributed by atoms with Gasteiger partial charge in [-0.1, -0.05) is 0 Å². The molecule has 1 saturated carbocycles. The first-order valence-corrected chi connectivity index (χ1v) is 4.84. The molecule has 1 saturated heterocycles. The molecule has 0 aromatic heterocycles. The van der Waals surface area contributed by atoms with Crippen molar-refractivity contribution in [3.63, 3.8) is 0 Å². The summed E-state index contributed by atoms with van der Waals surface area (Å²) < 4.78 is 11.2. The number of hydrogen-bond donors (Lipinski definition) is 0. The summed E-state index contributed by atoms with van der Waals surface area (Å²) in [5.41, 5.74) is 0. The Morgan fingerprint density at radius 2 is 2.33 bits per heavy atom. The van der Waals surface area contributed by atoms with Crippen LogP contribution in [-0.2, 0) is 9.47 Å². The highest BCUT2D eigenvalue weighted by atomic mass is 16.5. The maximum absolute atomic E-state index is 5.71. The Kier molecular flexibility index (Phi) is 2.42.